The van der Waals surface area contributed by atoms with E-state index in [1.807, 2.05) is 55.5 Å². The first-order valence-electron chi connectivity index (χ1n) is 7.90. The molecule has 1 aromatic heterocycles. The lowest BCUT2D eigenvalue weighted by atomic mass is 10.2. The minimum atomic E-state index is -0.0476. The number of nitrogens with one attached hydrogen (secondary N) is 2. The molecule has 0 radical (unpaired) electrons. The Morgan fingerprint density at radius 3 is 2.69 bits per heavy atom. The third-order valence-electron chi connectivity index (χ3n) is 3.52. The van der Waals surface area contributed by atoms with Crippen molar-refractivity contribution in [3.05, 3.63) is 64.7 Å². The molecule has 134 valence electrons. The number of hydrogen-bond donors (Lipinski definition) is 2. The summed E-state index contributed by atoms with van der Waals surface area (Å²) in [6.07, 6.45) is 0. The molecule has 26 heavy (non-hydrogen) atoms. The number of halogens is 1. The van der Waals surface area contributed by atoms with Crippen molar-refractivity contribution in [3.63, 3.8) is 0 Å². The third-order valence-corrected chi connectivity index (χ3v) is 5.75. The van der Waals surface area contributed by atoms with Crippen molar-refractivity contribution in [3.8, 4) is 0 Å². The van der Waals surface area contributed by atoms with E-state index in [1.54, 1.807) is 0 Å². The van der Waals surface area contributed by atoms with Crippen molar-refractivity contribution >= 4 is 51.4 Å². The SMILES string of the molecule is Cc1ccccc1Nc1nnc(SCC(=O)NCc2ccc(Cl)cc2)s1. The Hall–Kier alpha value is -2.09. The second-order valence-electron chi connectivity index (χ2n) is 5.50. The van der Waals surface area contributed by atoms with E-state index in [0.717, 1.165) is 21.2 Å². The first-order valence-corrected chi connectivity index (χ1v) is 10.1. The van der Waals surface area contributed by atoms with Crippen LogP contribution >= 0.6 is 34.7 Å². The Labute approximate surface area is 165 Å². The molecule has 0 saturated heterocycles. The van der Waals surface area contributed by atoms with Crippen LogP contribution in [0.5, 0.6) is 0 Å². The monoisotopic (exact) mass is 404 g/mol. The van der Waals surface area contributed by atoms with Crippen molar-refractivity contribution < 1.29 is 4.79 Å². The van der Waals surface area contributed by atoms with Gasteiger partial charge in [-0.1, -0.05) is 65.0 Å². The maximum Gasteiger partial charge on any atom is 0.230 e. The predicted octanol–water partition coefficient (Wildman–Crippen LogP) is 4.65. The Kier molecular flexibility index (Phi) is 6.49. The van der Waals surface area contributed by atoms with Crippen molar-refractivity contribution in [1.82, 2.24) is 15.5 Å². The van der Waals surface area contributed by atoms with Crippen LogP contribution < -0.4 is 10.6 Å². The van der Waals surface area contributed by atoms with Crippen LogP contribution in [-0.4, -0.2) is 21.9 Å². The van der Waals surface area contributed by atoms with Crippen LogP contribution in [-0.2, 0) is 11.3 Å². The molecule has 1 amide bonds. The van der Waals surface area contributed by atoms with E-state index in [9.17, 15) is 4.79 Å². The smallest absolute Gasteiger partial charge is 0.230 e. The van der Waals surface area contributed by atoms with Crippen LogP contribution in [0.25, 0.3) is 0 Å². The van der Waals surface area contributed by atoms with E-state index in [1.165, 1.54) is 23.1 Å². The normalized spacial score (nSPS) is 10.5. The second kappa shape index (κ2) is 9.02. The van der Waals surface area contributed by atoms with Crippen LogP contribution in [0, 0.1) is 6.92 Å². The highest BCUT2D eigenvalue weighted by Gasteiger charge is 2.09. The molecule has 0 spiro atoms. The molecule has 0 saturated carbocycles. The highest BCUT2D eigenvalue weighted by molar-refractivity contribution is 8.01. The number of para-hydroxylation sites is 1. The number of thioether (sulfide) groups is 1. The first kappa shape index (κ1) is 18.7. The number of anilines is 2. The summed E-state index contributed by atoms with van der Waals surface area (Å²) in [6, 6.07) is 15.4. The number of hydrogen-bond acceptors (Lipinski definition) is 6. The maximum atomic E-state index is 12.0. The quantitative estimate of drug-likeness (QED) is 0.561. The highest BCUT2D eigenvalue weighted by Crippen LogP contribution is 2.28. The van der Waals surface area contributed by atoms with Gasteiger partial charge in [0.15, 0.2) is 4.34 Å². The Balaban J connectivity index is 1.46. The molecule has 2 N–H and O–H groups in total. The molecule has 0 aliphatic carbocycles. The molecule has 1 heterocycles. The fourth-order valence-corrected chi connectivity index (χ4v) is 3.85. The number of carbonyl (C=O) groups excluding carboxylic acids is 1. The van der Waals surface area contributed by atoms with E-state index in [-0.39, 0.29) is 5.91 Å². The van der Waals surface area contributed by atoms with Gasteiger partial charge in [0.05, 0.1) is 5.75 Å². The van der Waals surface area contributed by atoms with Gasteiger partial charge >= 0.3 is 0 Å². The lowest BCUT2D eigenvalue weighted by molar-refractivity contribution is -0.118. The van der Waals surface area contributed by atoms with E-state index in [2.05, 4.69) is 20.8 Å². The molecular weight excluding hydrogens is 388 g/mol. The summed E-state index contributed by atoms with van der Waals surface area (Å²) in [5.74, 6) is 0.251. The van der Waals surface area contributed by atoms with Crippen molar-refractivity contribution in [2.45, 2.75) is 17.8 Å². The number of aryl methyl sites for hydroxylation is 1. The zero-order chi connectivity index (χ0) is 18.4. The molecule has 5 nitrogen and oxygen atoms in total. The number of benzene rings is 2. The number of amides is 1. The lowest BCUT2D eigenvalue weighted by Crippen LogP contribution is -2.24. The molecule has 0 aliphatic heterocycles. The third kappa shape index (κ3) is 5.45. The average Bonchev–Trinajstić information content (AvgIpc) is 3.09. The summed E-state index contributed by atoms with van der Waals surface area (Å²) < 4.78 is 0.753. The molecule has 0 fully saturated rings. The Bertz CT molecular complexity index is 883. The molecule has 0 atom stereocenters. The van der Waals surface area contributed by atoms with Gasteiger partial charge in [0.2, 0.25) is 11.0 Å². The van der Waals surface area contributed by atoms with Gasteiger partial charge in [0, 0.05) is 17.3 Å². The van der Waals surface area contributed by atoms with Gasteiger partial charge in [0.1, 0.15) is 0 Å². The van der Waals surface area contributed by atoms with Gasteiger partial charge < -0.3 is 10.6 Å². The van der Waals surface area contributed by atoms with Gasteiger partial charge in [-0.3, -0.25) is 4.79 Å². The molecule has 3 aromatic rings. The average molecular weight is 405 g/mol. The Morgan fingerprint density at radius 2 is 1.92 bits per heavy atom. The van der Waals surface area contributed by atoms with Crippen LogP contribution in [0.3, 0.4) is 0 Å². The number of carbonyl (C=O) groups is 1. The summed E-state index contributed by atoms with van der Waals surface area (Å²) in [4.78, 5) is 12.0. The summed E-state index contributed by atoms with van der Waals surface area (Å²) in [7, 11) is 0. The molecule has 0 unspecified atom stereocenters. The number of aromatic nitrogens is 2. The van der Waals surface area contributed by atoms with E-state index in [0.29, 0.717) is 22.5 Å². The molecule has 8 heteroatoms. The van der Waals surface area contributed by atoms with Crippen LogP contribution in [0.2, 0.25) is 5.02 Å². The molecule has 2 aromatic carbocycles. The van der Waals surface area contributed by atoms with Gasteiger partial charge in [0.25, 0.3) is 0 Å². The topological polar surface area (TPSA) is 66.9 Å². The van der Waals surface area contributed by atoms with Crippen molar-refractivity contribution in [1.29, 1.82) is 0 Å². The fourth-order valence-electron chi connectivity index (χ4n) is 2.13. The molecule has 0 aliphatic rings. The largest absolute Gasteiger partial charge is 0.351 e. The van der Waals surface area contributed by atoms with Gasteiger partial charge in [-0.25, -0.2) is 0 Å². The van der Waals surface area contributed by atoms with Gasteiger partial charge in [-0.15, -0.1) is 10.2 Å². The van der Waals surface area contributed by atoms with Crippen molar-refractivity contribution in [2.24, 2.45) is 0 Å². The van der Waals surface area contributed by atoms with Crippen LogP contribution in [0.15, 0.2) is 52.9 Å². The summed E-state index contributed by atoms with van der Waals surface area (Å²) >= 11 is 8.65. The number of nitrogens with zero attached hydrogens (tertiary/aromatic N) is 2. The standard InChI is InChI=1S/C18H17ClN4OS2/c1-12-4-2-3-5-15(12)21-17-22-23-18(26-17)25-11-16(24)20-10-13-6-8-14(19)9-7-13/h2-9H,10-11H2,1H3,(H,20,24)(H,21,22). The first-order chi connectivity index (χ1) is 12.6. The minimum absolute atomic E-state index is 0.0476. The molecular formula is C18H17ClN4OS2. The summed E-state index contributed by atoms with van der Waals surface area (Å²) in [6.45, 7) is 2.51. The zero-order valence-corrected chi connectivity index (χ0v) is 16.4. The lowest BCUT2D eigenvalue weighted by Gasteiger charge is -2.05. The van der Waals surface area contributed by atoms with E-state index in [4.69, 9.17) is 11.6 Å². The van der Waals surface area contributed by atoms with Crippen molar-refractivity contribution in [2.75, 3.05) is 11.1 Å². The van der Waals surface area contributed by atoms with E-state index >= 15 is 0 Å². The Morgan fingerprint density at radius 1 is 1.15 bits per heavy atom. The van der Waals surface area contributed by atoms with E-state index < -0.39 is 0 Å². The minimum Gasteiger partial charge on any atom is -0.351 e. The molecule has 0 bridgehead atoms. The summed E-state index contributed by atoms with van der Waals surface area (Å²) in [5.41, 5.74) is 3.15. The molecule has 3 rings (SSSR count). The van der Waals surface area contributed by atoms with Gasteiger partial charge in [-0.2, -0.15) is 0 Å². The van der Waals surface area contributed by atoms with Gasteiger partial charge in [-0.05, 0) is 36.2 Å². The number of rotatable bonds is 7. The predicted molar refractivity (Wildman–Crippen MR) is 108 cm³/mol. The fraction of sp³-hybridized carbons (Fsp3) is 0.167. The maximum absolute atomic E-state index is 12.0. The zero-order valence-electron chi connectivity index (χ0n) is 14.0. The van der Waals surface area contributed by atoms with Crippen LogP contribution in [0.1, 0.15) is 11.1 Å². The van der Waals surface area contributed by atoms with Crippen LogP contribution in [0.4, 0.5) is 10.8 Å². The highest BCUT2D eigenvalue weighted by atomic mass is 35.5. The summed E-state index contributed by atoms with van der Waals surface area (Å²) in [5, 5.41) is 15.8. The second-order valence-corrected chi connectivity index (χ2v) is 8.14.